The fourth-order valence-corrected chi connectivity index (χ4v) is 7.67. The summed E-state index contributed by atoms with van der Waals surface area (Å²) in [5.74, 6) is 1.23. The highest BCUT2D eigenvalue weighted by molar-refractivity contribution is 5.92. The number of hydrogen-bond acceptors (Lipinski definition) is 7. The third kappa shape index (κ3) is 4.64. The van der Waals surface area contributed by atoms with E-state index >= 15 is 0 Å². The van der Waals surface area contributed by atoms with Crippen molar-refractivity contribution in [1.29, 1.82) is 0 Å². The lowest BCUT2D eigenvalue weighted by molar-refractivity contribution is -0.136. The van der Waals surface area contributed by atoms with Crippen LogP contribution < -0.4 is 15.1 Å². The van der Waals surface area contributed by atoms with Gasteiger partial charge in [-0.05, 0) is 94.4 Å². The summed E-state index contributed by atoms with van der Waals surface area (Å²) in [5, 5.41) is 24.3. The van der Waals surface area contributed by atoms with Crippen molar-refractivity contribution in [2.24, 2.45) is 17.8 Å². The van der Waals surface area contributed by atoms with Crippen LogP contribution in [0.25, 0.3) is 0 Å². The van der Waals surface area contributed by atoms with Crippen molar-refractivity contribution >= 4 is 17.5 Å². The standard InChI is InChI=1S/C29H38FN5O3/c1-17-16-34(24-5-4-21(12-22(24)30)28(2,3)37)8-9-35(17)27-31-7-6-23(32-27)26(36)33-25-19-10-18-11-20(25)15-29(38,13-18)14-19/h4-7,12,17-20,25,37-38H,8-11,13-16H2,1-3H3,(H,33,36)/t17-,18?,19?,20?,25?,29?/m0/s1. The van der Waals surface area contributed by atoms with Crippen LogP contribution in [0.5, 0.6) is 0 Å². The topological polar surface area (TPSA) is 102 Å². The second-order valence-electron chi connectivity index (χ2n) is 12.6. The number of aromatic nitrogens is 2. The molecule has 7 rings (SSSR count). The minimum Gasteiger partial charge on any atom is -0.390 e. The van der Waals surface area contributed by atoms with E-state index in [-0.39, 0.29) is 23.8 Å². The molecule has 2 heterocycles. The van der Waals surface area contributed by atoms with Crippen LogP contribution >= 0.6 is 0 Å². The normalized spacial score (nSPS) is 32.5. The fraction of sp³-hybridized carbons (Fsp3) is 0.621. The first kappa shape index (κ1) is 25.5. The van der Waals surface area contributed by atoms with Gasteiger partial charge in [0.1, 0.15) is 11.5 Å². The van der Waals surface area contributed by atoms with E-state index in [9.17, 15) is 19.4 Å². The lowest BCUT2D eigenvalue weighted by Crippen LogP contribution is -2.61. The SMILES string of the molecule is C[C@H]1CN(c2ccc(C(C)(C)O)cc2F)CCN1c1nccc(C(=O)NC2C3CC4CC2CC(O)(C4)C3)n1. The van der Waals surface area contributed by atoms with Gasteiger partial charge in [-0.25, -0.2) is 14.4 Å². The Morgan fingerprint density at radius 2 is 1.89 bits per heavy atom. The number of amides is 1. The first-order chi connectivity index (χ1) is 18.0. The predicted molar refractivity (Wildman–Crippen MR) is 142 cm³/mol. The van der Waals surface area contributed by atoms with E-state index in [0.29, 0.717) is 60.3 Å². The molecule has 5 aliphatic rings. The van der Waals surface area contributed by atoms with Crippen LogP contribution in [0.1, 0.15) is 68.9 Å². The molecule has 4 bridgehead atoms. The maximum atomic E-state index is 14.9. The molecule has 4 saturated carbocycles. The van der Waals surface area contributed by atoms with Crippen molar-refractivity contribution < 1.29 is 19.4 Å². The minimum atomic E-state index is -1.10. The molecule has 1 aromatic heterocycles. The van der Waals surface area contributed by atoms with E-state index in [1.54, 1.807) is 38.2 Å². The monoisotopic (exact) mass is 523 g/mol. The number of halogens is 1. The Hall–Kier alpha value is -2.78. The number of benzene rings is 1. The summed E-state index contributed by atoms with van der Waals surface area (Å²) in [4.78, 5) is 26.4. The molecule has 9 heteroatoms. The Labute approximate surface area is 223 Å². The first-order valence-corrected chi connectivity index (χ1v) is 13.9. The number of hydrogen-bond donors (Lipinski definition) is 3. The third-order valence-corrected chi connectivity index (χ3v) is 9.29. The molecule has 1 saturated heterocycles. The van der Waals surface area contributed by atoms with Crippen LogP contribution in [0.4, 0.5) is 16.0 Å². The molecule has 1 amide bonds. The maximum Gasteiger partial charge on any atom is 0.270 e. The van der Waals surface area contributed by atoms with Crippen molar-refractivity contribution in [2.45, 2.75) is 76.2 Å². The molecule has 2 unspecified atom stereocenters. The van der Waals surface area contributed by atoms with Gasteiger partial charge in [0.25, 0.3) is 5.91 Å². The average molecular weight is 524 g/mol. The number of anilines is 2. The molecule has 38 heavy (non-hydrogen) atoms. The van der Waals surface area contributed by atoms with Gasteiger partial charge in [0.05, 0.1) is 16.9 Å². The third-order valence-electron chi connectivity index (χ3n) is 9.29. The van der Waals surface area contributed by atoms with Gasteiger partial charge in [-0.3, -0.25) is 4.79 Å². The Balaban J connectivity index is 1.12. The summed E-state index contributed by atoms with van der Waals surface area (Å²) in [6, 6.07) is 6.66. The van der Waals surface area contributed by atoms with Crippen molar-refractivity contribution in [3.8, 4) is 0 Å². The molecule has 8 nitrogen and oxygen atoms in total. The number of rotatable bonds is 5. The molecule has 3 N–H and O–H groups in total. The van der Waals surface area contributed by atoms with Crippen LogP contribution in [-0.2, 0) is 5.60 Å². The maximum absolute atomic E-state index is 14.9. The van der Waals surface area contributed by atoms with E-state index < -0.39 is 11.2 Å². The minimum absolute atomic E-state index is 0.000547. The quantitative estimate of drug-likeness (QED) is 0.553. The van der Waals surface area contributed by atoms with Gasteiger partial charge in [0.15, 0.2) is 0 Å². The Morgan fingerprint density at radius 1 is 1.16 bits per heavy atom. The second-order valence-corrected chi connectivity index (χ2v) is 12.6. The van der Waals surface area contributed by atoms with Crippen LogP contribution in [0, 0.1) is 23.6 Å². The van der Waals surface area contributed by atoms with Crippen LogP contribution in [0.3, 0.4) is 0 Å². The smallest absolute Gasteiger partial charge is 0.270 e. The lowest BCUT2D eigenvalue weighted by Gasteiger charge is -2.58. The van der Waals surface area contributed by atoms with Crippen LogP contribution in [-0.4, -0.2) is 63.4 Å². The van der Waals surface area contributed by atoms with E-state index in [2.05, 4.69) is 20.2 Å². The van der Waals surface area contributed by atoms with Gasteiger partial charge < -0.3 is 25.3 Å². The van der Waals surface area contributed by atoms with E-state index in [1.807, 2.05) is 11.8 Å². The molecule has 1 aliphatic heterocycles. The molecular weight excluding hydrogens is 485 g/mol. The van der Waals surface area contributed by atoms with Gasteiger partial charge in [0, 0.05) is 37.9 Å². The molecule has 5 fully saturated rings. The summed E-state index contributed by atoms with van der Waals surface area (Å²) in [6.45, 7) is 7.08. The van der Waals surface area contributed by atoms with E-state index in [4.69, 9.17) is 0 Å². The molecule has 3 atom stereocenters. The van der Waals surface area contributed by atoms with Crippen LogP contribution in [0.15, 0.2) is 30.5 Å². The van der Waals surface area contributed by atoms with Crippen molar-refractivity contribution in [3.05, 3.63) is 47.5 Å². The molecule has 1 aromatic carbocycles. The molecule has 0 radical (unpaired) electrons. The highest BCUT2D eigenvalue weighted by atomic mass is 19.1. The van der Waals surface area contributed by atoms with Crippen molar-refractivity contribution in [3.63, 3.8) is 0 Å². The summed E-state index contributed by atoms with van der Waals surface area (Å²) < 4.78 is 14.9. The highest BCUT2D eigenvalue weighted by Gasteiger charge is 2.55. The number of aliphatic hydroxyl groups is 2. The zero-order valence-corrected chi connectivity index (χ0v) is 22.4. The first-order valence-electron chi connectivity index (χ1n) is 13.9. The van der Waals surface area contributed by atoms with E-state index in [1.165, 1.54) is 6.07 Å². The van der Waals surface area contributed by atoms with Gasteiger partial charge >= 0.3 is 0 Å². The van der Waals surface area contributed by atoms with Gasteiger partial charge in [-0.15, -0.1) is 0 Å². The summed E-state index contributed by atoms with van der Waals surface area (Å²) >= 11 is 0. The molecule has 4 aliphatic carbocycles. The number of carbonyl (C=O) groups is 1. The summed E-state index contributed by atoms with van der Waals surface area (Å²) in [7, 11) is 0. The lowest BCUT2D eigenvalue weighted by atomic mass is 9.52. The highest BCUT2D eigenvalue weighted by Crippen LogP contribution is 2.55. The van der Waals surface area contributed by atoms with Crippen LogP contribution in [0.2, 0.25) is 0 Å². The Bertz CT molecular complexity index is 1220. The van der Waals surface area contributed by atoms with Gasteiger partial charge in [0.2, 0.25) is 5.95 Å². The van der Waals surface area contributed by atoms with Gasteiger partial charge in [-0.2, -0.15) is 0 Å². The Kier molecular flexibility index (Phi) is 6.14. The van der Waals surface area contributed by atoms with Crippen molar-refractivity contribution in [1.82, 2.24) is 15.3 Å². The largest absolute Gasteiger partial charge is 0.390 e. The average Bonchev–Trinajstić information content (AvgIpc) is 2.84. The predicted octanol–water partition coefficient (Wildman–Crippen LogP) is 3.23. The number of piperazine rings is 1. The summed E-state index contributed by atoms with van der Waals surface area (Å²) in [6.07, 6.45) is 6.28. The fourth-order valence-electron chi connectivity index (χ4n) is 7.67. The summed E-state index contributed by atoms with van der Waals surface area (Å²) in [5.41, 5.74) is -0.224. The second kappa shape index (κ2) is 9.16. The molecular formula is C29H38FN5O3. The molecule has 204 valence electrons. The number of nitrogens with zero attached hydrogens (tertiary/aromatic N) is 4. The zero-order chi connectivity index (χ0) is 26.8. The van der Waals surface area contributed by atoms with Crippen molar-refractivity contribution in [2.75, 3.05) is 29.4 Å². The number of nitrogens with one attached hydrogen (secondary N) is 1. The zero-order valence-electron chi connectivity index (χ0n) is 22.4. The van der Waals surface area contributed by atoms with Gasteiger partial charge in [-0.1, -0.05) is 6.07 Å². The molecule has 2 aromatic rings. The molecule has 0 spiro atoms. The Morgan fingerprint density at radius 3 is 2.53 bits per heavy atom. The van der Waals surface area contributed by atoms with E-state index in [0.717, 1.165) is 32.1 Å². The number of carbonyl (C=O) groups excluding carboxylic acids is 1.